The molecule has 0 fully saturated rings. The van der Waals surface area contributed by atoms with Crippen molar-refractivity contribution in [2.24, 2.45) is 0 Å². The first-order chi connectivity index (χ1) is 18.3. The molecule has 3 aromatic heterocycles. The van der Waals surface area contributed by atoms with Crippen LogP contribution in [0.15, 0.2) is 97.6 Å². The minimum atomic E-state index is -0.150. The highest BCUT2D eigenvalue weighted by Gasteiger charge is 2.15. The van der Waals surface area contributed by atoms with Crippen LogP contribution in [0.1, 0.15) is 36.7 Å². The van der Waals surface area contributed by atoms with Crippen LogP contribution >= 0.6 is 0 Å². The Labute approximate surface area is 220 Å². The Morgan fingerprint density at radius 2 is 1.79 bits per heavy atom. The summed E-state index contributed by atoms with van der Waals surface area (Å²) >= 11 is 0. The Morgan fingerprint density at radius 1 is 0.947 bits per heavy atom. The summed E-state index contributed by atoms with van der Waals surface area (Å²) in [5, 5.41) is 7.59. The van der Waals surface area contributed by atoms with Gasteiger partial charge in [0.1, 0.15) is 0 Å². The van der Waals surface area contributed by atoms with Crippen molar-refractivity contribution in [1.29, 1.82) is 0 Å². The van der Waals surface area contributed by atoms with Crippen molar-refractivity contribution in [3.63, 3.8) is 0 Å². The molecule has 6 rings (SSSR count). The van der Waals surface area contributed by atoms with E-state index < -0.39 is 0 Å². The van der Waals surface area contributed by atoms with Gasteiger partial charge in [-0.05, 0) is 58.8 Å². The van der Waals surface area contributed by atoms with Crippen LogP contribution in [0, 0.1) is 0 Å². The molecule has 0 aliphatic carbocycles. The summed E-state index contributed by atoms with van der Waals surface area (Å²) in [5.74, 6) is 0.495. The second-order valence-electron chi connectivity index (χ2n) is 10.4. The van der Waals surface area contributed by atoms with Crippen molar-refractivity contribution in [1.82, 2.24) is 19.4 Å². The van der Waals surface area contributed by atoms with Crippen LogP contribution in [-0.4, -0.2) is 25.3 Å². The van der Waals surface area contributed by atoms with Gasteiger partial charge in [-0.25, -0.2) is 9.97 Å². The van der Waals surface area contributed by atoms with E-state index in [4.69, 9.17) is 4.98 Å². The van der Waals surface area contributed by atoms with Crippen LogP contribution in [0.4, 0.5) is 17.2 Å². The number of anilines is 3. The summed E-state index contributed by atoms with van der Waals surface area (Å²) in [6, 6.07) is 23.6. The van der Waals surface area contributed by atoms with Gasteiger partial charge in [0, 0.05) is 52.8 Å². The third-order valence-electron chi connectivity index (χ3n) is 6.62. The molecule has 0 saturated carbocycles. The number of H-pyrrole nitrogens is 1. The van der Waals surface area contributed by atoms with E-state index in [0.29, 0.717) is 17.1 Å². The average molecular weight is 501 g/mol. The lowest BCUT2D eigenvalue weighted by Crippen LogP contribution is -2.14. The molecule has 0 bridgehead atoms. The minimum Gasteiger partial charge on any atom is -0.361 e. The molecule has 38 heavy (non-hydrogen) atoms. The van der Waals surface area contributed by atoms with Crippen LogP contribution in [-0.2, 0) is 5.41 Å². The molecule has 0 atom stereocenters. The van der Waals surface area contributed by atoms with Crippen molar-refractivity contribution < 1.29 is 4.79 Å². The van der Waals surface area contributed by atoms with E-state index in [0.717, 1.165) is 33.5 Å². The van der Waals surface area contributed by atoms with Gasteiger partial charge in [0.15, 0.2) is 11.5 Å². The number of imidazole rings is 1. The fourth-order valence-electron chi connectivity index (χ4n) is 4.50. The molecule has 7 nitrogen and oxygen atoms in total. The molecule has 3 aromatic carbocycles. The Morgan fingerprint density at radius 3 is 2.61 bits per heavy atom. The molecular weight excluding hydrogens is 472 g/mol. The molecule has 3 heterocycles. The average Bonchev–Trinajstić information content (AvgIpc) is 3.58. The number of amides is 1. The number of benzene rings is 3. The number of carbonyl (C=O) groups excluding carboxylic acids is 1. The number of nitrogens with one attached hydrogen (secondary N) is 3. The summed E-state index contributed by atoms with van der Waals surface area (Å²) in [4.78, 5) is 25.6. The van der Waals surface area contributed by atoms with Crippen LogP contribution in [0.3, 0.4) is 0 Å². The maximum absolute atomic E-state index is 12.9. The fraction of sp³-hybridized carbons (Fsp3) is 0.129. The van der Waals surface area contributed by atoms with Gasteiger partial charge in [-0.15, -0.1) is 0 Å². The smallest absolute Gasteiger partial charge is 0.255 e. The Bertz CT molecular complexity index is 1770. The molecular formula is C31H28N6O. The molecule has 0 aliphatic rings. The molecule has 3 N–H and O–H groups in total. The van der Waals surface area contributed by atoms with Crippen LogP contribution < -0.4 is 10.6 Å². The zero-order valence-corrected chi connectivity index (χ0v) is 21.5. The molecule has 1 amide bonds. The zero-order chi connectivity index (χ0) is 26.3. The second-order valence-corrected chi connectivity index (χ2v) is 10.4. The summed E-state index contributed by atoms with van der Waals surface area (Å²) < 4.78 is 1.94. The number of fused-ring (bicyclic) bond motifs is 2. The maximum Gasteiger partial charge on any atom is 0.255 e. The fourth-order valence-corrected chi connectivity index (χ4v) is 4.50. The molecule has 0 radical (unpaired) electrons. The van der Waals surface area contributed by atoms with E-state index in [9.17, 15) is 4.79 Å². The Balaban J connectivity index is 1.28. The predicted octanol–water partition coefficient (Wildman–Crippen LogP) is 7.17. The predicted molar refractivity (Wildman–Crippen MR) is 153 cm³/mol. The number of carbonyl (C=O) groups is 1. The number of aromatic nitrogens is 4. The minimum absolute atomic E-state index is 0.0367. The van der Waals surface area contributed by atoms with E-state index in [1.807, 2.05) is 89.7 Å². The summed E-state index contributed by atoms with van der Waals surface area (Å²) in [6.07, 6.45) is 7.51. The van der Waals surface area contributed by atoms with Crippen LogP contribution in [0.25, 0.3) is 27.8 Å². The Hall–Kier alpha value is -4.91. The van der Waals surface area contributed by atoms with Crippen LogP contribution in [0.5, 0.6) is 0 Å². The lowest BCUT2D eigenvalue weighted by atomic mass is 9.87. The lowest BCUT2D eigenvalue weighted by molar-refractivity contribution is 0.102. The number of nitrogens with zero attached hydrogens (tertiary/aromatic N) is 3. The van der Waals surface area contributed by atoms with Gasteiger partial charge in [0.2, 0.25) is 0 Å². The molecule has 0 unspecified atom stereocenters. The number of hydrogen-bond donors (Lipinski definition) is 3. The van der Waals surface area contributed by atoms with Crippen molar-refractivity contribution in [3.8, 4) is 11.3 Å². The monoisotopic (exact) mass is 500 g/mol. The number of hydrogen-bond acceptors (Lipinski definition) is 4. The van der Waals surface area contributed by atoms with Crippen molar-refractivity contribution in [2.45, 2.75) is 26.2 Å². The Kier molecular flexibility index (Phi) is 5.68. The highest BCUT2D eigenvalue weighted by molar-refractivity contribution is 6.04. The molecule has 188 valence electrons. The highest BCUT2D eigenvalue weighted by atomic mass is 16.1. The first-order valence-corrected chi connectivity index (χ1v) is 12.5. The summed E-state index contributed by atoms with van der Waals surface area (Å²) in [5.41, 5.74) is 6.86. The van der Waals surface area contributed by atoms with Crippen molar-refractivity contribution in [3.05, 3.63) is 109 Å². The number of aromatic amines is 1. The second kappa shape index (κ2) is 9.19. The van der Waals surface area contributed by atoms with E-state index >= 15 is 0 Å². The van der Waals surface area contributed by atoms with Gasteiger partial charge in [0.25, 0.3) is 5.91 Å². The van der Waals surface area contributed by atoms with E-state index in [1.165, 1.54) is 5.56 Å². The molecule has 0 saturated heterocycles. The SMILES string of the molecule is CC(C)(C)c1ccc(C(=O)Nc2cccc(-c3cn4ccnc4c(Nc4ccc5cc[nH]c5c4)n3)c2)cc1. The standard InChI is InChI=1S/C31H28N6O/c1-31(2,3)23-10-7-21(8-11-23)30(38)35-24-6-4-5-22(17-24)27-19-37-16-15-33-29(37)28(36-27)34-25-12-9-20-13-14-32-26(20)18-25/h4-19,32H,1-3H3,(H,34,36)(H,35,38). The van der Waals surface area contributed by atoms with Gasteiger partial charge in [-0.1, -0.05) is 51.1 Å². The van der Waals surface area contributed by atoms with E-state index in [2.05, 4.69) is 47.4 Å². The van der Waals surface area contributed by atoms with E-state index in [1.54, 1.807) is 6.20 Å². The van der Waals surface area contributed by atoms with Crippen LogP contribution in [0.2, 0.25) is 0 Å². The quantitative estimate of drug-likeness (QED) is 0.234. The van der Waals surface area contributed by atoms with Crippen molar-refractivity contribution in [2.75, 3.05) is 10.6 Å². The third-order valence-corrected chi connectivity index (χ3v) is 6.62. The summed E-state index contributed by atoms with van der Waals surface area (Å²) in [7, 11) is 0. The largest absolute Gasteiger partial charge is 0.361 e. The normalized spacial score (nSPS) is 11.7. The highest BCUT2D eigenvalue weighted by Crippen LogP contribution is 2.28. The lowest BCUT2D eigenvalue weighted by Gasteiger charge is -2.19. The van der Waals surface area contributed by atoms with Gasteiger partial charge in [0.05, 0.1) is 5.69 Å². The maximum atomic E-state index is 12.9. The van der Waals surface area contributed by atoms with Crippen molar-refractivity contribution >= 4 is 39.6 Å². The zero-order valence-electron chi connectivity index (χ0n) is 21.5. The number of rotatable bonds is 5. The topological polar surface area (TPSA) is 87.1 Å². The molecule has 0 spiro atoms. The first-order valence-electron chi connectivity index (χ1n) is 12.5. The molecule has 6 aromatic rings. The first kappa shape index (κ1) is 23.5. The summed E-state index contributed by atoms with van der Waals surface area (Å²) in [6.45, 7) is 6.47. The third kappa shape index (κ3) is 4.62. The van der Waals surface area contributed by atoms with Gasteiger partial charge >= 0.3 is 0 Å². The molecule has 7 heteroatoms. The van der Waals surface area contributed by atoms with Gasteiger partial charge in [-0.3, -0.25) is 4.79 Å². The van der Waals surface area contributed by atoms with Gasteiger partial charge < -0.3 is 20.0 Å². The van der Waals surface area contributed by atoms with E-state index in [-0.39, 0.29) is 11.3 Å². The molecule has 0 aliphatic heterocycles. The van der Waals surface area contributed by atoms with Gasteiger partial charge in [-0.2, -0.15) is 0 Å².